The first-order chi connectivity index (χ1) is 7.24. The van der Waals surface area contributed by atoms with Gasteiger partial charge in [-0.05, 0) is 25.3 Å². The van der Waals surface area contributed by atoms with E-state index in [2.05, 4.69) is 6.58 Å². The molecule has 0 aliphatic carbocycles. The van der Waals surface area contributed by atoms with Gasteiger partial charge < -0.3 is 0 Å². The van der Waals surface area contributed by atoms with Gasteiger partial charge in [-0.25, -0.2) is 0 Å². The summed E-state index contributed by atoms with van der Waals surface area (Å²) in [7, 11) is -3.84. The molecule has 0 rings (SSSR count). The molecule has 0 fully saturated rings. The van der Waals surface area contributed by atoms with Crippen LogP contribution < -0.4 is 0 Å². The van der Waals surface area contributed by atoms with Crippen LogP contribution in [0.15, 0.2) is 12.2 Å². The lowest BCUT2D eigenvalue weighted by atomic mass is 9.95. The van der Waals surface area contributed by atoms with E-state index < -0.39 is 10.1 Å². The fourth-order valence-corrected chi connectivity index (χ4v) is 2.03. The molecule has 0 heterocycles. The highest BCUT2D eigenvalue weighted by Gasteiger charge is 2.12. The summed E-state index contributed by atoms with van der Waals surface area (Å²) in [5.41, 5.74) is 0.561. The van der Waals surface area contributed by atoms with E-state index in [1.807, 2.05) is 6.92 Å². The molecule has 1 unspecified atom stereocenters. The fourth-order valence-electron chi connectivity index (χ4n) is 1.46. The second-order valence-corrected chi connectivity index (χ2v) is 5.75. The summed E-state index contributed by atoms with van der Waals surface area (Å²) in [6.45, 7) is 7.13. The Balaban J connectivity index is 3.68. The van der Waals surface area contributed by atoms with E-state index in [0.29, 0.717) is 18.4 Å². The zero-order valence-electron chi connectivity index (χ0n) is 9.90. The maximum atomic E-state index is 11.4. The molecule has 0 aromatic heterocycles. The lowest BCUT2D eigenvalue weighted by Crippen LogP contribution is -2.11. The average molecular weight is 248 g/mol. The van der Waals surface area contributed by atoms with Crippen LogP contribution in [0.25, 0.3) is 0 Å². The molecule has 0 saturated heterocycles. The molecule has 0 saturated carbocycles. The van der Waals surface area contributed by atoms with Crippen molar-refractivity contribution in [2.75, 3.05) is 5.75 Å². The Morgan fingerprint density at radius 2 is 1.88 bits per heavy atom. The first kappa shape index (κ1) is 15.3. The number of rotatable bonds is 8. The molecule has 0 bridgehead atoms. The minimum Gasteiger partial charge on any atom is -0.294 e. The van der Waals surface area contributed by atoms with E-state index in [1.165, 1.54) is 0 Å². The molecule has 1 N–H and O–H groups in total. The highest BCUT2D eigenvalue weighted by atomic mass is 32.2. The van der Waals surface area contributed by atoms with E-state index in [1.54, 1.807) is 6.92 Å². The van der Waals surface area contributed by atoms with Gasteiger partial charge in [-0.15, -0.1) is 0 Å². The zero-order valence-corrected chi connectivity index (χ0v) is 10.7. The van der Waals surface area contributed by atoms with Crippen molar-refractivity contribution >= 4 is 15.9 Å². The van der Waals surface area contributed by atoms with Gasteiger partial charge in [0.25, 0.3) is 10.1 Å². The van der Waals surface area contributed by atoms with Crippen molar-refractivity contribution in [2.24, 2.45) is 5.92 Å². The van der Waals surface area contributed by atoms with Crippen LogP contribution in [0.4, 0.5) is 0 Å². The molecular weight excluding hydrogens is 228 g/mol. The summed E-state index contributed by atoms with van der Waals surface area (Å²) in [4.78, 5) is 11.4. The second-order valence-electron chi connectivity index (χ2n) is 4.18. The highest BCUT2D eigenvalue weighted by molar-refractivity contribution is 7.85. The molecule has 94 valence electrons. The molecule has 0 aliphatic heterocycles. The van der Waals surface area contributed by atoms with Crippen molar-refractivity contribution in [1.29, 1.82) is 0 Å². The molecule has 4 nitrogen and oxygen atoms in total. The first-order valence-electron chi connectivity index (χ1n) is 5.39. The van der Waals surface area contributed by atoms with Crippen LogP contribution in [0.2, 0.25) is 0 Å². The number of unbranched alkanes of at least 4 members (excludes halogenated alkanes) is 2. The van der Waals surface area contributed by atoms with E-state index in [0.717, 1.165) is 12.8 Å². The van der Waals surface area contributed by atoms with Gasteiger partial charge in [0.05, 0.1) is 5.75 Å². The van der Waals surface area contributed by atoms with Crippen LogP contribution in [0.3, 0.4) is 0 Å². The second kappa shape index (κ2) is 6.81. The molecule has 0 radical (unpaired) electrons. The number of carbonyl (C=O) groups is 1. The van der Waals surface area contributed by atoms with Crippen molar-refractivity contribution in [3.63, 3.8) is 0 Å². The van der Waals surface area contributed by atoms with Gasteiger partial charge in [-0.2, -0.15) is 8.42 Å². The largest absolute Gasteiger partial charge is 0.294 e. The van der Waals surface area contributed by atoms with E-state index in [9.17, 15) is 13.2 Å². The van der Waals surface area contributed by atoms with Gasteiger partial charge >= 0.3 is 0 Å². The summed E-state index contributed by atoms with van der Waals surface area (Å²) in [5.74, 6) is -0.187. The lowest BCUT2D eigenvalue weighted by molar-refractivity contribution is -0.118. The third-order valence-electron chi connectivity index (χ3n) is 2.41. The molecule has 5 heteroatoms. The third kappa shape index (κ3) is 7.59. The summed E-state index contributed by atoms with van der Waals surface area (Å²) in [6.07, 6.45) is 2.66. The number of ketones is 1. The topological polar surface area (TPSA) is 71.4 Å². The maximum Gasteiger partial charge on any atom is 0.264 e. The van der Waals surface area contributed by atoms with E-state index in [4.69, 9.17) is 4.55 Å². The normalized spacial score (nSPS) is 13.4. The molecule has 0 aliphatic rings. The molecule has 0 amide bonds. The molecule has 16 heavy (non-hydrogen) atoms. The third-order valence-corrected chi connectivity index (χ3v) is 3.21. The summed E-state index contributed by atoms with van der Waals surface area (Å²) < 4.78 is 29.3. The Hall–Kier alpha value is -0.680. The molecule has 1 atom stereocenters. The highest BCUT2D eigenvalue weighted by Crippen LogP contribution is 2.13. The Morgan fingerprint density at radius 3 is 2.31 bits per heavy atom. The van der Waals surface area contributed by atoms with Crippen LogP contribution in [0, 0.1) is 5.92 Å². The maximum absolute atomic E-state index is 11.4. The van der Waals surface area contributed by atoms with Gasteiger partial charge in [0.1, 0.15) is 0 Å². The minimum absolute atomic E-state index is 0.0526. The smallest absolute Gasteiger partial charge is 0.264 e. The summed E-state index contributed by atoms with van der Waals surface area (Å²) in [5, 5.41) is 0. The van der Waals surface area contributed by atoms with Crippen LogP contribution in [-0.2, 0) is 14.9 Å². The minimum atomic E-state index is -3.84. The monoisotopic (exact) mass is 248 g/mol. The zero-order chi connectivity index (χ0) is 12.8. The van der Waals surface area contributed by atoms with Gasteiger partial charge in [0.15, 0.2) is 5.78 Å². The first-order valence-corrected chi connectivity index (χ1v) is 7.00. The predicted octanol–water partition coefficient (Wildman–Crippen LogP) is 2.22. The Kier molecular flexibility index (Phi) is 6.52. The Morgan fingerprint density at radius 1 is 1.31 bits per heavy atom. The van der Waals surface area contributed by atoms with Crippen molar-refractivity contribution in [3.8, 4) is 0 Å². The Labute approximate surface area is 97.5 Å². The van der Waals surface area contributed by atoms with Crippen molar-refractivity contribution in [1.82, 2.24) is 0 Å². The van der Waals surface area contributed by atoms with Crippen LogP contribution in [-0.4, -0.2) is 24.5 Å². The van der Waals surface area contributed by atoms with Gasteiger partial charge in [-0.1, -0.05) is 26.3 Å². The average Bonchev–Trinajstić information content (AvgIpc) is 2.13. The predicted molar refractivity (Wildman–Crippen MR) is 63.9 cm³/mol. The van der Waals surface area contributed by atoms with E-state index >= 15 is 0 Å². The van der Waals surface area contributed by atoms with Crippen LogP contribution in [0.1, 0.15) is 39.5 Å². The fraction of sp³-hybridized carbons (Fsp3) is 0.727. The number of hydrogen-bond donors (Lipinski definition) is 1. The number of hydrogen-bond acceptors (Lipinski definition) is 3. The molecular formula is C11H20O4S. The molecule has 0 aromatic carbocycles. The SMILES string of the molecule is C=C(C)C(=O)C(C)CCCCCS(=O)(=O)O. The van der Waals surface area contributed by atoms with Crippen molar-refractivity contribution in [3.05, 3.63) is 12.2 Å². The van der Waals surface area contributed by atoms with Gasteiger partial charge in [0.2, 0.25) is 0 Å². The quantitative estimate of drug-likeness (QED) is 0.406. The van der Waals surface area contributed by atoms with Gasteiger partial charge in [-0.3, -0.25) is 9.35 Å². The van der Waals surface area contributed by atoms with Gasteiger partial charge in [0, 0.05) is 5.92 Å². The summed E-state index contributed by atoms with van der Waals surface area (Å²) in [6, 6.07) is 0. The van der Waals surface area contributed by atoms with Crippen LogP contribution >= 0.6 is 0 Å². The lowest BCUT2D eigenvalue weighted by Gasteiger charge is -2.09. The number of carbonyl (C=O) groups excluding carboxylic acids is 1. The molecule has 0 spiro atoms. The van der Waals surface area contributed by atoms with E-state index in [-0.39, 0.29) is 17.5 Å². The number of Topliss-reactive ketones (excluding diaryl/α,β-unsaturated/α-hetero) is 1. The van der Waals surface area contributed by atoms with Crippen molar-refractivity contribution in [2.45, 2.75) is 39.5 Å². The molecule has 0 aromatic rings. The standard InChI is InChI=1S/C11H20O4S/c1-9(2)11(12)10(3)7-5-4-6-8-16(13,14)15/h10H,1,4-8H2,2-3H3,(H,13,14,15). The Bertz CT molecular complexity index is 343. The number of allylic oxidation sites excluding steroid dienone is 1. The summed E-state index contributed by atoms with van der Waals surface area (Å²) >= 11 is 0. The van der Waals surface area contributed by atoms with Crippen LogP contribution in [0.5, 0.6) is 0 Å². The van der Waals surface area contributed by atoms with Crippen molar-refractivity contribution < 1.29 is 17.8 Å².